The van der Waals surface area contributed by atoms with Gasteiger partial charge in [-0.2, -0.15) is 0 Å². The summed E-state index contributed by atoms with van der Waals surface area (Å²) in [5, 5.41) is 4.38. The average molecular weight is 465 g/mol. The highest BCUT2D eigenvalue weighted by molar-refractivity contribution is 7.92. The van der Waals surface area contributed by atoms with E-state index in [0.717, 1.165) is 40.2 Å². The van der Waals surface area contributed by atoms with Crippen LogP contribution in [0.1, 0.15) is 42.0 Å². The first-order valence-corrected chi connectivity index (χ1v) is 12.8. The Hall–Kier alpha value is -2.76. The standard InChI is InChI=1S/C26H25ClN2O2S/c1-2-17-8-3-6-13-24(17)29-32(30,31)18-14-15-25-22(16-18)19-10-7-11-20(19)26(28-25)21-9-4-5-12-23(21)27/h3-10,12-16,19-20,26,28-29H,2,11H2,1H3/t19-,20+,26-/m0/s1. The van der Waals surface area contributed by atoms with Crippen molar-refractivity contribution in [1.82, 2.24) is 0 Å². The highest BCUT2D eigenvalue weighted by atomic mass is 35.5. The van der Waals surface area contributed by atoms with Crippen LogP contribution in [-0.4, -0.2) is 8.42 Å². The van der Waals surface area contributed by atoms with Crippen molar-refractivity contribution in [3.8, 4) is 0 Å². The molecule has 1 heterocycles. The summed E-state index contributed by atoms with van der Waals surface area (Å²) >= 11 is 6.51. The van der Waals surface area contributed by atoms with E-state index in [2.05, 4.69) is 28.3 Å². The predicted octanol–water partition coefficient (Wildman–Crippen LogP) is 6.53. The summed E-state index contributed by atoms with van der Waals surface area (Å²) < 4.78 is 29.2. The van der Waals surface area contributed by atoms with Crippen LogP contribution in [0.3, 0.4) is 0 Å². The Morgan fingerprint density at radius 1 is 1.03 bits per heavy atom. The van der Waals surface area contributed by atoms with Gasteiger partial charge in [0, 0.05) is 16.6 Å². The van der Waals surface area contributed by atoms with E-state index in [-0.39, 0.29) is 22.8 Å². The Morgan fingerprint density at radius 2 is 1.81 bits per heavy atom. The quantitative estimate of drug-likeness (QED) is 0.422. The molecule has 0 saturated carbocycles. The minimum absolute atomic E-state index is 0.0770. The van der Waals surface area contributed by atoms with Crippen LogP contribution in [0.2, 0.25) is 5.02 Å². The van der Waals surface area contributed by atoms with Crippen LogP contribution < -0.4 is 10.0 Å². The predicted molar refractivity (Wildman–Crippen MR) is 131 cm³/mol. The van der Waals surface area contributed by atoms with Gasteiger partial charge >= 0.3 is 0 Å². The summed E-state index contributed by atoms with van der Waals surface area (Å²) in [6, 6.07) is 20.9. The summed E-state index contributed by atoms with van der Waals surface area (Å²) in [5.74, 6) is 0.430. The fraction of sp³-hybridized carbons (Fsp3) is 0.231. The number of hydrogen-bond acceptors (Lipinski definition) is 3. The molecule has 3 aromatic carbocycles. The van der Waals surface area contributed by atoms with Crippen LogP contribution >= 0.6 is 11.6 Å². The normalized spacial score (nSPS) is 21.5. The summed E-state index contributed by atoms with van der Waals surface area (Å²) in [7, 11) is -3.70. The minimum Gasteiger partial charge on any atom is -0.378 e. The Kier molecular flexibility index (Phi) is 5.48. The smallest absolute Gasteiger partial charge is 0.261 e. The zero-order valence-electron chi connectivity index (χ0n) is 17.8. The highest BCUT2D eigenvalue weighted by Crippen LogP contribution is 2.51. The molecule has 0 radical (unpaired) electrons. The monoisotopic (exact) mass is 464 g/mol. The second-order valence-electron chi connectivity index (χ2n) is 8.36. The lowest BCUT2D eigenvalue weighted by atomic mass is 9.77. The van der Waals surface area contributed by atoms with E-state index in [9.17, 15) is 8.42 Å². The molecule has 0 fully saturated rings. The van der Waals surface area contributed by atoms with E-state index in [1.807, 2.05) is 55.5 Å². The molecular weight excluding hydrogens is 440 g/mol. The van der Waals surface area contributed by atoms with Crippen molar-refractivity contribution in [3.63, 3.8) is 0 Å². The molecule has 164 valence electrons. The SMILES string of the molecule is CCc1ccccc1NS(=O)(=O)c1ccc2c(c1)[C@H]1C=CC[C@H]1[C@@H](c1ccccc1Cl)N2. The molecule has 0 saturated heterocycles. The number of hydrogen-bond donors (Lipinski definition) is 2. The molecule has 0 spiro atoms. The number of fused-ring (bicyclic) bond motifs is 3. The van der Waals surface area contributed by atoms with Crippen LogP contribution in [0.5, 0.6) is 0 Å². The molecule has 2 N–H and O–H groups in total. The molecule has 0 bridgehead atoms. The van der Waals surface area contributed by atoms with Gasteiger partial charge in [-0.05, 0) is 65.8 Å². The Bertz CT molecular complexity index is 1300. The number of benzene rings is 3. The Balaban J connectivity index is 1.51. The second kappa shape index (κ2) is 8.30. The summed E-state index contributed by atoms with van der Waals surface area (Å²) in [6.45, 7) is 2.01. The largest absolute Gasteiger partial charge is 0.378 e. The van der Waals surface area contributed by atoms with Crippen molar-refractivity contribution in [1.29, 1.82) is 0 Å². The van der Waals surface area contributed by atoms with E-state index in [0.29, 0.717) is 5.69 Å². The number of para-hydroxylation sites is 1. The van der Waals surface area contributed by atoms with Gasteiger partial charge < -0.3 is 5.32 Å². The van der Waals surface area contributed by atoms with Crippen molar-refractivity contribution in [2.75, 3.05) is 10.0 Å². The first kappa shape index (κ1) is 21.1. The third-order valence-electron chi connectivity index (χ3n) is 6.53. The van der Waals surface area contributed by atoms with Crippen LogP contribution in [0.4, 0.5) is 11.4 Å². The molecule has 0 amide bonds. The van der Waals surface area contributed by atoms with Gasteiger partial charge in [-0.3, -0.25) is 4.72 Å². The maximum Gasteiger partial charge on any atom is 0.261 e. The topological polar surface area (TPSA) is 58.2 Å². The van der Waals surface area contributed by atoms with E-state index < -0.39 is 10.0 Å². The van der Waals surface area contributed by atoms with Gasteiger partial charge in [-0.25, -0.2) is 8.42 Å². The molecule has 2 aliphatic rings. The lowest BCUT2D eigenvalue weighted by Gasteiger charge is -2.38. The first-order valence-electron chi connectivity index (χ1n) is 10.9. The van der Waals surface area contributed by atoms with Crippen LogP contribution in [0, 0.1) is 5.92 Å². The van der Waals surface area contributed by atoms with E-state index >= 15 is 0 Å². The Labute approximate surface area is 194 Å². The van der Waals surface area contributed by atoms with Crippen LogP contribution in [-0.2, 0) is 16.4 Å². The molecule has 1 aliphatic heterocycles. The molecular formula is C26H25ClN2O2S. The first-order chi connectivity index (χ1) is 15.5. The summed E-state index contributed by atoms with van der Waals surface area (Å²) in [6.07, 6.45) is 6.06. The molecule has 32 heavy (non-hydrogen) atoms. The minimum atomic E-state index is -3.70. The molecule has 6 heteroatoms. The Morgan fingerprint density at radius 3 is 2.62 bits per heavy atom. The van der Waals surface area contributed by atoms with Gasteiger partial charge in [0.15, 0.2) is 0 Å². The highest BCUT2D eigenvalue weighted by Gasteiger charge is 2.39. The number of aryl methyl sites for hydroxylation is 1. The summed E-state index contributed by atoms with van der Waals surface area (Å²) in [4.78, 5) is 0.277. The number of anilines is 2. The fourth-order valence-corrected chi connectivity index (χ4v) is 6.30. The third-order valence-corrected chi connectivity index (χ3v) is 8.23. The van der Waals surface area contributed by atoms with Crippen molar-refractivity contribution in [2.45, 2.75) is 36.6 Å². The zero-order valence-corrected chi connectivity index (χ0v) is 19.3. The lowest BCUT2D eigenvalue weighted by molar-refractivity contribution is 0.425. The molecule has 0 aromatic heterocycles. The van der Waals surface area contributed by atoms with Crippen molar-refractivity contribution >= 4 is 33.0 Å². The lowest BCUT2D eigenvalue weighted by Crippen LogP contribution is -2.29. The number of nitrogens with one attached hydrogen (secondary N) is 2. The van der Waals surface area contributed by atoms with Crippen molar-refractivity contribution in [2.24, 2.45) is 5.92 Å². The molecule has 4 nitrogen and oxygen atoms in total. The average Bonchev–Trinajstić information content (AvgIpc) is 3.29. The van der Waals surface area contributed by atoms with Gasteiger partial charge in [0.05, 0.1) is 16.6 Å². The molecule has 1 aliphatic carbocycles. The maximum atomic E-state index is 13.2. The molecule has 3 aromatic rings. The number of allylic oxidation sites excluding steroid dienone is 2. The van der Waals surface area contributed by atoms with Crippen molar-refractivity contribution < 1.29 is 8.42 Å². The van der Waals surface area contributed by atoms with Crippen LogP contribution in [0.15, 0.2) is 83.8 Å². The van der Waals surface area contributed by atoms with Gasteiger partial charge in [-0.1, -0.05) is 67.1 Å². The zero-order chi connectivity index (χ0) is 22.3. The molecule has 5 rings (SSSR count). The van der Waals surface area contributed by atoms with Gasteiger partial charge in [0.25, 0.3) is 10.0 Å². The van der Waals surface area contributed by atoms with Gasteiger partial charge in [-0.15, -0.1) is 0 Å². The van der Waals surface area contributed by atoms with E-state index in [4.69, 9.17) is 11.6 Å². The molecule has 3 atom stereocenters. The van der Waals surface area contributed by atoms with E-state index in [1.54, 1.807) is 12.1 Å². The summed E-state index contributed by atoms with van der Waals surface area (Å²) in [5.41, 5.74) is 4.64. The maximum absolute atomic E-state index is 13.2. The fourth-order valence-electron chi connectivity index (χ4n) is 4.91. The number of rotatable bonds is 5. The second-order valence-corrected chi connectivity index (χ2v) is 10.5. The number of halogens is 1. The third kappa shape index (κ3) is 3.70. The van der Waals surface area contributed by atoms with Crippen molar-refractivity contribution in [3.05, 3.63) is 101 Å². The van der Waals surface area contributed by atoms with Gasteiger partial charge in [0.1, 0.15) is 0 Å². The van der Waals surface area contributed by atoms with Crippen LogP contribution in [0.25, 0.3) is 0 Å². The van der Waals surface area contributed by atoms with Gasteiger partial charge in [0.2, 0.25) is 0 Å². The van der Waals surface area contributed by atoms with E-state index in [1.165, 1.54) is 0 Å². The number of sulfonamides is 1. The molecule has 0 unspecified atom stereocenters.